The van der Waals surface area contributed by atoms with Crippen LogP contribution in [0, 0.1) is 5.82 Å². The van der Waals surface area contributed by atoms with E-state index in [0.717, 1.165) is 25.0 Å². The van der Waals surface area contributed by atoms with Gasteiger partial charge < -0.3 is 4.90 Å². The second-order valence-corrected chi connectivity index (χ2v) is 10.4. The van der Waals surface area contributed by atoms with Crippen molar-refractivity contribution in [2.75, 3.05) is 32.7 Å². The van der Waals surface area contributed by atoms with Crippen molar-refractivity contribution in [1.82, 2.24) is 14.1 Å². The van der Waals surface area contributed by atoms with Crippen LogP contribution in [0.2, 0.25) is 5.02 Å². The van der Waals surface area contributed by atoms with Gasteiger partial charge in [0.05, 0.1) is 16.5 Å². The maximum Gasteiger partial charge on any atom is 0.243 e. The Morgan fingerprint density at radius 3 is 2.38 bits per heavy atom. The molecule has 1 saturated heterocycles. The Labute approximate surface area is 177 Å². The zero-order chi connectivity index (χ0) is 21.2. The summed E-state index contributed by atoms with van der Waals surface area (Å²) < 4.78 is 40.3. The van der Waals surface area contributed by atoms with Gasteiger partial charge >= 0.3 is 0 Å². The number of rotatable bonds is 6. The van der Waals surface area contributed by atoms with E-state index in [1.54, 1.807) is 4.90 Å². The molecule has 6 nitrogen and oxygen atoms in total. The zero-order valence-electron chi connectivity index (χ0n) is 17.0. The van der Waals surface area contributed by atoms with Gasteiger partial charge in [0.1, 0.15) is 5.82 Å². The highest BCUT2D eigenvalue weighted by Gasteiger charge is 2.32. The number of halogens is 2. The molecule has 0 aromatic heterocycles. The summed E-state index contributed by atoms with van der Waals surface area (Å²) in [6.07, 6.45) is 4.70. The summed E-state index contributed by atoms with van der Waals surface area (Å²) in [6, 6.07) is 4.16. The number of hydrogen-bond donors (Lipinski definition) is 0. The first-order valence-corrected chi connectivity index (χ1v) is 12.0. The second kappa shape index (κ2) is 9.29. The van der Waals surface area contributed by atoms with Gasteiger partial charge in [0.2, 0.25) is 15.9 Å². The summed E-state index contributed by atoms with van der Waals surface area (Å²) in [5, 5.41) is -0.222. The van der Waals surface area contributed by atoms with Crippen molar-refractivity contribution in [3.63, 3.8) is 0 Å². The predicted octanol–water partition coefficient (Wildman–Crippen LogP) is 2.97. The standard InChI is InChI=1S/C20H29ClFN3O3S/c1-15(2)25(16-5-3-4-6-16)14-20(26)23-9-11-24(12-10-23)29(27,28)17-7-8-19(22)18(21)13-17/h7-8,13,15-16H,3-6,9-12,14H2,1-2H3. The van der Waals surface area contributed by atoms with Crippen LogP contribution in [-0.4, -0.2) is 73.2 Å². The third-order valence-electron chi connectivity index (χ3n) is 5.90. The third kappa shape index (κ3) is 5.10. The van der Waals surface area contributed by atoms with Crippen molar-refractivity contribution in [2.24, 2.45) is 0 Å². The molecule has 0 bridgehead atoms. The molecule has 1 heterocycles. The van der Waals surface area contributed by atoms with E-state index in [4.69, 9.17) is 11.6 Å². The molecule has 1 aromatic carbocycles. The predicted molar refractivity (Wildman–Crippen MR) is 111 cm³/mol. The minimum absolute atomic E-state index is 0.0316. The van der Waals surface area contributed by atoms with Crippen LogP contribution < -0.4 is 0 Å². The topological polar surface area (TPSA) is 60.9 Å². The fourth-order valence-electron chi connectivity index (χ4n) is 4.19. The molecule has 9 heteroatoms. The summed E-state index contributed by atoms with van der Waals surface area (Å²) >= 11 is 5.74. The fraction of sp³-hybridized carbons (Fsp3) is 0.650. The Bertz CT molecular complexity index is 835. The fourth-order valence-corrected chi connectivity index (χ4v) is 5.88. The molecule has 162 valence electrons. The summed E-state index contributed by atoms with van der Waals surface area (Å²) in [6.45, 7) is 5.74. The van der Waals surface area contributed by atoms with Gasteiger partial charge in [0, 0.05) is 38.3 Å². The average Bonchev–Trinajstić information content (AvgIpc) is 3.22. The first-order chi connectivity index (χ1) is 13.7. The maximum absolute atomic E-state index is 13.4. The highest BCUT2D eigenvalue weighted by Crippen LogP contribution is 2.26. The van der Waals surface area contributed by atoms with Crippen LogP contribution in [0.25, 0.3) is 0 Å². The Balaban J connectivity index is 1.60. The smallest absolute Gasteiger partial charge is 0.243 e. The summed E-state index contributed by atoms with van der Waals surface area (Å²) in [7, 11) is -3.77. The lowest BCUT2D eigenvalue weighted by atomic mass is 10.1. The quantitative estimate of drug-likeness (QED) is 0.675. The van der Waals surface area contributed by atoms with Crippen LogP contribution in [0.4, 0.5) is 4.39 Å². The Hall–Kier alpha value is -1.22. The highest BCUT2D eigenvalue weighted by molar-refractivity contribution is 7.89. The number of benzene rings is 1. The number of carbonyl (C=O) groups excluding carboxylic acids is 1. The van der Waals surface area contributed by atoms with E-state index in [1.807, 2.05) is 0 Å². The molecule has 1 amide bonds. The van der Waals surface area contributed by atoms with Crippen molar-refractivity contribution in [3.8, 4) is 0 Å². The van der Waals surface area contributed by atoms with Gasteiger partial charge in [-0.2, -0.15) is 4.31 Å². The number of nitrogens with zero attached hydrogens (tertiary/aromatic N) is 3. The molecule has 2 fully saturated rings. The van der Waals surface area contributed by atoms with Crippen molar-refractivity contribution in [1.29, 1.82) is 0 Å². The molecule has 0 radical (unpaired) electrons. The van der Waals surface area contributed by atoms with Crippen LogP contribution >= 0.6 is 11.6 Å². The number of piperazine rings is 1. The van der Waals surface area contributed by atoms with Gasteiger partial charge in [-0.3, -0.25) is 9.69 Å². The van der Waals surface area contributed by atoms with Gasteiger partial charge in [-0.25, -0.2) is 12.8 Å². The summed E-state index contributed by atoms with van der Waals surface area (Å²) in [4.78, 5) is 16.8. The van der Waals surface area contributed by atoms with Gasteiger partial charge in [-0.1, -0.05) is 24.4 Å². The molecular formula is C20H29ClFN3O3S. The number of carbonyl (C=O) groups is 1. The van der Waals surface area contributed by atoms with E-state index in [9.17, 15) is 17.6 Å². The molecule has 1 aliphatic heterocycles. The second-order valence-electron chi connectivity index (χ2n) is 8.07. The van der Waals surface area contributed by atoms with Crippen molar-refractivity contribution < 1.29 is 17.6 Å². The minimum atomic E-state index is -3.77. The lowest BCUT2D eigenvalue weighted by molar-refractivity contribution is -0.134. The molecular weight excluding hydrogens is 417 g/mol. The van der Waals surface area contributed by atoms with Crippen LogP contribution in [0.15, 0.2) is 23.1 Å². The normalized spacial score (nSPS) is 19.4. The van der Waals surface area contributed by atoms with Gasteiger partial charge in [-0.15, -0.1) is 0 Å². The Morgan fingerprint density at radius 1 is 1.21 bits per heavy atom. The lowest BCUT2D eigenvalue weighted by Gasteiger charge is -2.37. The van der Waals surface area contributed by atoms with Gasteiger partial charge in [-0.05, 0) is 44.9 Å². The Morgan fingerprint density at radius 2 is 1.83 bits per heavy atom. The first kappa shape index (κ1) is 22.5. The molecule has 0 N–H and O–H groups in total. The zero-order valence-corrected chi connectivity index (χ0v) is 18.6. The summed E-state index contributed by atoms with van der Waals surface area (Å²) in [5.41, 5.74) is 0. The molecule has 29 heavy (non-hydrogen) atoms. The molecule has 2 aliphatic rings. The molecule has 1 saturated carbocycles. The van der Waals surface area contributed by atoms with E-state index in [-0.39, 0.29) is 28.9 Å². The van der Waals surface area contributed by atoms with Crippen LogP contribution in [0.1, 0.15) is 39.5 Å². The average molecular weight is 446 g/mol. The van der Waals surface area contributed by atoms with E-state index >= 15 is 0 Å². The molecule has 0 spiro atoms. The number of hydrogen-bond acceptors (Lipinski definition) is 4. The molecule has 1 aliphatic carbocycles. The highest BCUT2D eigenvalue weighted by atomic mass is 35.5. The SMILES string of the molecule is CC(C)N(CC(=O)N1CCN(S(=O)(=O)c2ccc(F)c(Cl)c2)CC1)C1CCCC1. The van der Waals surface area contributed by atoms with Gasteiger partial charge in [0.25, 0.3) is 0 Å². The van der Waals surface area contributed by atoms with Crippen LogP contribution in [0.5, 0.6) is 0 Å². The minimum Gasteiger partial charge on any atom is -0.339 e. The summed E-state index contributed by atoms with van der Waals surface area (Å²) in [5.74, 6) is -0.606. The van der Waals surface area contributed by atoms with Crippen LogP contribution in [0.3, 0.4) is 0 Å². The molecule has 1 aromatic rings. The first-order valence-electron chi connectivity index (χ1n) is 10.2. The lowest BCUT2D eigenvalue weighted by Crippen LogP contribution is -2.54. The largest absolute Gasteiger partial charge is 0.339 e. The molecule has 0 atom stereocenters. The van der Waals surface area contributed by atoms with Crippen molar-refractivity contribution in [2.45, 2.75) is 56.5 Å². The van der Waals surface area contributed by atoms with Crippen molar-refractivity contribution >= 4 is 27.5 Å². The van der Waals surface area contributed by atoms with Crippen LogP contribution in [-0.2, 0) is 14.8 Å². The van der Waals surface area contributed by atoms with Gasteiger partial charge in [0.15, 0.2) is 0 Å². The monoisotopic (exact) mass is 445 g/mol. The Kier molecular flexibility index (Phi) is 7.19. The van der Waals surface area contributed by atoms with Crippen molar-refractivity contribution in [3.05, 3.63) is 29.0 Å². The number of amides is 1. The molecule has 0 unspecified atom stereocenters. The maximum atomic E-state index is 13.4. The van der Waals surface area contributed by atoms with E-state index in [1.165, 1.54) is 23.2 Å². The third-order valence-corrected chi connectivity index (χ3v) is 8.08. The van der Waals surface area contributed by atoms with E-state index in [2.05, 4.69) is 18.7 Å². The molecule has 3 rings (SSSR count). The number of sulfonamides is 1. The van der Waals surface area contributed by atoms with E-state index in [0.29, 0.717) is 31.7 Å². The van der Waals surface area contributed by atoms with E-state index < -0.39 is 15.8 Å².